The highest BCUT2D eigenvalue weighted by atomic mass is 32.1. The second kappa shape index (κ2) is 17.2. The highest BCUT2D eigenvalue weighted by Gasteiger charge is 2.29. The Morgan fingerprint density at radius 2 is 0.743 bits per heavy atom. The Labute approximate surface area is 440 Å². The molecule has 0 unspecified atom stereocenters. The van der Waals surface area contributed by atoms with E-state index in [0.29, 0.717) is 0 Å². The van der Waals surface area contributed by atoms with Crippen LogP contribution in [0.5, 0.6) is 0 Å². The number of hydrogen-bond acceptors (Lipinski definition) is 4. The van der Waals surface area contributed by atoms with Crippen LogP contribution in [0, 0.1) is 13.8 Å². The number of nitrogens with zero attached hydrogens (tertiary/aromatic N) is 2. The molecule has 0 N–H and O–H groups in total. The second-order valence-corrected chi connectivity index (χ2v) is 23.1. The Morgan fingerprint density at radius 1 is 0.311 bits per heavy atom. The van der Waals surface area contributed by atoms with Gasteiger partial charge in [0.15, 0.2) is 0 Å². The first-order valence-electron chi connectivity index (χ1n) is 25.7. The summed E-state index contributed by atoms with van der Waals surface area (Å²) in [7, 11) is 0. The predicted molar refractivity (Wildman–Crippen MR) is 324 cm³/mol. The molecule has 0 aliphatic heterocycles. The van der Waals surface area contributed by atoms with E-state index in [1.165, 1.54) is 112 Å². The van der Waals surface area contributed by atoms with E-state index in [4.69, 9.17) is 0 Å². The normalized spacial score (nSPS) is 12.1. The molecule has 4 heteroatoms. The molecule has 0 amide bonds. The number of fused-ring (bicyclic) bond motifs is 6. The van der Waals surface area contributed by atoms with E-state index in [1.54, 1.807) is 0 Å². The molecule has 354 valence electrons. The van der Waals surface area contributed by atoms with Gasteiger partial charge in [0.1, 0.15) is 0 Å². The van der Waals surface area contributed by atoms with E-state index < -0.39 is 0 Å². The molecule has 0 radical (unpaired) electrons. The first-order valence-corrected chi connectivity index (χ1v) is 27.3. The fourth-order valence-electron chi connectivity index (χ4n) is 11.6. The van der Waals surface area contributed by atoms with Crippen LogP contribution in [0.25, 0.3) is 94.9 Å². The molecule has 0 saturated heterocycles. The fourth-order valence-corrected chi connectivity index (χ4v) is 14.0. The van der Waals surface area contributed by atoms with E-state index in [-0.39, 0.29) is 5.41 Å². The average Bonchev–Trinajstić information content (AvgIpc) is 4.02. The number of hydrogen-bond donors (Lipinski definition) is 0. The van der Waals surface area contributed by atoms with E-state index in [9.17, 15) is 0 Å². The van der Waals surface area contributed by atoms with Gasteiger partial charge < -0.3 is 9.80 Å². The monoisotopic (exact) mass is 984 g/mol. The molecular formula is C70H52N2S2. The third kappa shape index (κ3) is 7.11. The molecule has 14 aromatic rings. The van der Waals surface area contributed by atoms with Crippen molar-refractivity contribution in [3.8, 4) is 22.3 Å². The molecule has 0 spiro atoms. The Bertz CT molecular complexity index is 4220. The molecule has 2 aromatic heterocycles. The van der Waals surface area contributed by atoms with Crippen molar-refractivity contribution in [1.82, 2.24) is 0 Å². The van der Waals surface area contributed by atoms with Crippen molar-refractivity contribution in [3.05, 3.63) is 241 Å². The predicted octanol–water partition coefficient (Wildman–Crippen LogP) is 21.5. The largest absolute Gasteiger partial charge is 0.308 e. The fraction of sp³-hybridized carbons (Fsp3) is 0.0857. The van der Waals surface area contributed by atoms with Gasteiger partial charge >= 0.3 is 0 Å². The van der Waals surface area contributed by atoms with Crippen LogP contribution in [-0.4, -0.2) is 0 Å². The highest BCUT2D eigenvalue weighted by molar-refractivity contribution is 7.26. The van der Waals surface area contributed by atoms with Gasteiger partial charge in [-0.25, -0.2) is 0 Å². The van der Waals surface area contributed by atoms with Crippen LogP contribution in [0.3, 0.4) is 0 Å². The summed E-state index contributed by atoms with van der Waals surface area (Å²) in [6.45, 7) is 11.5. The lowest BCUT2D eigenvalue weighted by Crippen LogP contribution is -2.16. The van der Waals surface area contributed by atoms with Gasteiger partial charge in [0.05, 0.1) is 32.1 Å². The third-order valence-electron chi connectivity index (χ3n) is 15.4. The number of thiophene rings is 2. The maximum absolute atomic E-state index is 2.61. The number of anilines is 6. The zero-order valence-corrected chi connectivity index (χ0v) is 43.7. The van der Waals surface area contributed by atoms with Crippen LogP contribution in [0.2, 0.25) is 0 Å². The van der Waals surface area contributed by atoms with Crippen molar-refractivity contribution in [2.45, 2.75) is 40.0 Å². The topological polar surface area (TPSA) is 6.48 Å². The lowest BCUT2D eigenvalue weighted by Gasteiger charge is -2.34. The molecule has 14 rings (SSSR count). The Balaban J connectivity index is 1.16. The second-order valence-electron chi connectivity index (χ2n) is 21.0. The van der Waals surface area contributed by atoms with Gasteiger partial charge in [0.2, 0.25) is 0 Å². The summed E-state index contributed by atoms with van der Waals surface area (Å²) >= 11 is 3.78. The van der Waals surface area contributed by atoms with Crippen molar-refractivity contribution in [2.24, 2.45) is 0 Å². The van der Waals surface area contributed by atoms with Gasteiger partial charge in [0.25, 0.3) is 0 Å². The van der Waals surface area contributed by atoms with Crippen molar-refractivity contribution in [2.75, 3.05) is 9.80 Å². The van der Waals surface area contributed by atoms with E-state index in [2.05, 4.69) is 269 Å². The summed E-state index contributed by atoms with van der Waals surface area (Å²) in [6, 6.07) is 84.4. The lowest BCUT2D eigenvalue weighted by atomic mass is 9.83. The summed E-state index contributed by atoms with van der Waals surface area (Å²) in [5.74, 6) is 0. The van der Waals surface area contributed by atoms with Crippen LogP contribution in [0.15, 0.2) is 224 Å². The lowest BCUT2D eigenvalue weighted by molar-refractivity contribution is 0.591. The molecule has 0 saturated carbocycles. The third-order valence-corrected chi connectivity index (χ3v) is 17.8. The SMILES string of the molecule is Cc1ccc(-c2ccccc2)cc1N(c1cc(N(c2cc(-c3ccccc3)ccc2C)c2cccc3c2sc2ccccc23)c2ccc3cc(C(C)(C)C)cc4ccc1c2c43)c1cccc2c1sc1ccccc12. The molecule has 0 aliphatic carbocycles. The summed E-state index contributed by atoms with van der Waals surface area (Å²) < 4.78 is 5.09. The molecule has 0 atom stereocenters. The van der Waals surface area contributed by atoms with Gasteiger partial charge in [-0.15, -0.1) is 22.7 Å². The van der Waals surface area contributed by atoms with Gasteiger partial charge in [-0.05, 0) is 117 Å². The Kier molecular flexibility index (Phi) is 10.3. The maximum atomic E-state index is 2.61. The summed E-state index contributed by atoms with van der Waals surface area (Å²) in [5, 5.41) is 12.6. The zero-order valence-electron chi connectivity index (χ0n) is 42.1. The average molecular weight is 985 g/mol. The Hall–Kier alpha value is -8.28. The Morgan fingerprint density at radius 3 is 1.20 bits per heavy atom. The molecule has 2 heterocycles. The molecule has 0 bridgehead atoms. The van der Waals surface area contributed by atoms with E-state index in [0.717, 1.165) is 34.1 Å². The first-order chi connectivity index (χ1) is 36.2. The van der Waals surface area contributed by atoms with Gasteiger partial charge in [-0.1, -0.05) is 203 Å². The smallest absolute Gasteiger partial charge is 0.0640 e. The van der Waals surface area contributed by atoms with Crippen molar-refractivity contribution in [1.29, 1.82) is 0 Å². The van der Waals surface area contributed by atoms with Crippen LogP contribution < -0.4 is 9.80 Å². The van der Waals surface area contributed by atoms with Crippen LogP contribution >= 0.6 is 22.7 Å². The molecule has 2 nitrogen and oxygen atoms in total. The minimum atomic E-state index is -0.0250. The molecular weight excluding hydrogens is 933 g/mol. The highest BCUT2D eigenvalue weighted by Crippen LogP contribution is 2.55. The maximum Gasteiger partial charge on any atom is 0.0640 e. The first kappa shape index (κ1) is 44.4. The molecule has 12 aromatic carbocycles. The van der Waals surface area contributed by atoms with Crippen molar-refractivity contribution in [3.63, 3.8) is 0 Å². The standard InChI is InChI=1S/C70H52N2S2/c1-43-30-32-47(45-18-8-6-9-19-45)40-60(43)71(58-26-16-24-54-52-22-12-14-28-64(52)73-68(54)58)62-42-63(57-37-35-50-39-51(70(3,4)5)38-49-34-36-56(62)67(57)66(49)50)72(61-41-48(33-31-44(61)2)46-20-10-7-11-21-46)59-27-17-25-55-53-23-13-15-29-65(53)74-69(55)59/h6-42H,1-5H3. The minimum Gasteiger partial charge on any atom is -0.308 e. The molecule has 0 fully saturated rings. The van der Waals surface area contributed by atoms with Crippen molar-refractivity contribution >= 4 is 129 Å². The van der Waals surface area contributed by atoms with Crippen LogP contribution in [0.4, 0.5) is 34.1 Å². The molecule has 74 heavy (non-hydrogen) atoms. The van der Waals surface area contributed by atoms with E-state index in [1.807, 2.05) is 22.7 Å². The van der Waals surface area contributed by atoms with E-state index >= 15 is 0 Å². The van der Waals surface area contributed by atoms with Crippen LogP contribution in [-0.2, 0) is 5.41 Å². The number of aryl methyl sites for hydroxylation is 2. The molecule has 0 aliphatic rings. The minimum absolute atomic E-state index is 0.0250. The summed E-state index contributed by atoms with van der Waals surface area (Å²) in [4.78, 5) is 5.22. The van der Waals surface area contributed by atoms with Gasteiger partial charge in [-0.2, -0.15) is 0 Å². The van der Waals surface area contributed by atoms with Crippen LogP contribution in [0.1, 0.15) is 37.5 Å². The zero-order chi connectivity index (χ0) is 49.8. The van der Waals surface area contributed by atoms with Gasteiger partial charge in [0, 0.05) is 58.5 Å². The van der Waals surface area contributed by atoms with Gasteiger partial charge in [-0.3, -0.25) is 0 Å². The summed E-state index contributed by atoms with van der Waals surface area (Å²) in [5.41, 5.74) is 15.3. The number of rotatable bonds is 8. The van der Waals surface area contributed by atoms with Crippen molar-refractivity contribution < 1.29 is 0 Å². The quantitative estimate of drug-likeness (QED) is 0.140. The summed E-state index contributed by atoms with van der Waals surface area (Å²) in [6.07, 6.45) is 0. The number of benzene rings is 12.